The van der Waals surface area contributed by atoms with Gasteiger partial charge in [0.05, 0.1) is 6.07 Å². The summed E-state index contributed by atoms with van der Waals surface area (Å²) in [6.45, 7) is 0. The molecule has 0 spiro atoms. The van der Waals surface area contributed by atoms with Crippen LogP contribution in [0.5, 0.6) is 0 Å². The number of rotatable bonds is 4. The molecule has 12 heavy (non-hydrogen) atoms. The zero-order valence-electron chi connectivity index (χ0n) is 6.15. The number of carboxylic acid groups (broad SMARTS) is 2. The minimum Gasteiger partial charge on any atom is -0.479 e. The van der Waals surface area contributed by atoms with Gasteiger partial charge in [0.2, 0.25) is 5.54 Å². The minimum absolute atomic E-state index is 0.199. The largest absolute Gasteiger partial charge is 0.479 e. The fraction of sp³-hybridized carbons (Fsp3) is 0.500. The van der Waals surface area contributed by atoms with Gasteiger partial charge >= 0.3 is 11.9 Å². The van der Waals surface area contributed by atoms with Crippen LogP contribution in [0.3, 0.4) is 0 Å². The molecule has 0 bridgehead atoms. The molecular formula is C6H8N2O4. The van der Waals surface area contributed by atoms with Crippen molar-refractivity contribution in [1.29, 1.82) is 5.26 Å². The van der Waals surface area contributed by atoms with Crippen LogP contribution in [0.4, 0.5) is 0 Å². The maximum atomic E-state index is 10.4. The standard InChI is InChI=1S/C6H8N2O4/c7-3-1-2-6(8,4(9)10)5(11)12/h1-2,8H2,(H,9,10)(H,11,12). The molecule has 0 atom stereocenters. The summed E-state index contributed by atoms with van der Waals surface area (Å²) in [4.78, 5) is 20.7. The number of aliphatic carboxylic acids is 2. The van der Waals surface area contributed by atoms with Gasteiger partial charge < -0.3 is 15.9 Å². The van der Waals surface area contributed by atoms with Gasteiger partial charge in [0, 0.05) is 6.42 Å². The maximum absolute atomic E-state index is 10.4. The zero-order valence-corrected chi connectivity index (χ0v) is 6.15. The van der Waals surface area contributed by atoms with Crippen molar-refractivity contribution in [3.05, 3.63) is 0 Å². The van der Waals surface area contributed by atoms with E-state index in [-0.39, 0.29) is 6.42 Å². The highest BCUT2D eigenvalue weighted by molar-refractivity contribution is 6.02. The molecule has 0 rings (SSSR count). The third-order valence-electron chi connectivity index (χ3n) is 1.39. The molecule has 0 aliphatic carbocycles. The van der Waals surface area contributed by atoms with E-state index in [1.54, 1.807) is 6.07 Å². The van der Waals surface area contributed by atoms with Crippen LogP contribution in [0, 0.1) is 11.3 Å². The second kappa shape index (κ2) is 3.69. The number of hydrogen-bond donors (Lipinski definition) is 3. The monoisotopic (exact) mass is 172 g/mol. The molecular weight excluding hydrogens is 164 g/mol. The Morgan fingerprint density at radius 1 is 1.42 bits per heavy atom. The van der Waals surface area contributed by atoms with E-state index >= 15 is 0 Å². The molecule has 0 unspecified atom stereocenters. The van der Waals surface area contributed by atoms with Gasteiger partial charge in [-0.2, -0.15) is 5.26 Å². The van der Waals surface area contributed by atoms with Gasteiger partial charge in [-0.1, -0.05) is 0 Å². The molecule has 66 valence electrons. The third-order valence-corrected chi connectivity index (χ3v) is 1.39. The summed E-state index contributed by atoms with van der Waals surface area (Å²) in [5.74, 6) is -3.27. The quantitative estimate of drug-likeness (QED) is 0.474. The van der Waals surface area contributed by atoms with Crippen LogP contribution in [0.2, 0.25) is 0 Å². The van der Waals surface area contributed by atoms with Gasteiger partial charge in [0.25, 0.3) is 0 Å². The van der Waals surface area contributed by atoms with E-state index in [2.05, 4.69) is 0 Å². The van der Waals surface area contributed by atoms with Crippen LogP contribution < -0.4 is 5.73 Å². The van der Waals surface area contributed by atoms with Gasteiger partial charge in [0.1, 0.15) is 0 Å². The molecule has 6 nitrogen and oxygen atoms in total. The Morgan fingerprint density at radius 3 is 2.08 bits per heavy atom. The Kier molecular flexibility index (Phi) is 3.19. The van der Waals surface area contributed by atoms with E-state index < -0.39 is 23.9 Å². The highest BCUT2D eigenvalue weighted by atomic mass is 16.4. The van der Waals surface area contributed by atoms with Crippen LogP contribution in [0.1, 0.15) is 12.8 Å². The Hall–Kier alpha value is -1.61. The molecule has 0 aromatic rings. The predicted octanol–water partition coefficient (Wildman–Crippen LogP) is -0.843. The highest BCUT2D eigenvalue weighted by Crippen LogP contribution is 2.09. The van der Waals surface area contributed by atoms with Crippen molar-refractivity contribution in [3.63, 3.8) is 0 Å². The minimum atomic E-state index is -2.34. The first-order chi connectivity index (χ1) is 5.45. The molecule has 0 aliphatic rings. The zero-order chi connectivity index (χ0) is 9.78. The average molecular weight is 172 g/mol. The first-order valence-corrected chi connectivity index (χ1v) is 3.07. The fourth-order valence-corrected chi connectivity index (χ4v) is 0.558. The van der Waals surface area contributed by atoms with Crippen molar-refractivity contribution < 1.29 is 19.8 Å². The van der Waals surface area contributed by atoms with Crippen molar-refractivity contribution >= 4 is 11.9 Å². The Balaban J connectivity index is 4.54. The van der Waals surface area contributed by atoms with Crippen LogP contribution in [-0.4, -0.2) is 27.7 Å². The topological polar surface area (TPSA) is 124 Å². The van der Waals surface area contributed by atoms with Crippen molar-refractivity contribution in [3.8, 4) is 6.07 Å². The molecule has 0 amide bonds. The van der Waals surface area contributed by atoms with Gasteiger partial charge in [-0.05, 0) is 6.42 Å². The summed E-state index contributed by atoms with van der Waals surface area (Å²) >= 11 is 0. The van der Waals surface area contributed by atoms with Crippen molar-refractivity contribution in [2.24, 2.45) is 5.73 Å². The summed E-state index contributed by atoms with van der Waals surface area (Å²) in [7, 11) is 0. The molecule has 0 saturated carbocycles. The van der Waals surface area contributed by atoms with Crippen molar-refractivity contribution in [2.45, 2.75) is 18.4 Å². The van der Waals surface area contributed by atoms with Gasteiger partial charge in [0.15, 0.2) is 0 Å². The molecule has 6 heteroatoms. The second-order valence-corrected chi connectivity index (χ2v) is 2.24. The van der Waals surface area contributed by atoms with Crippen LogP contribution in [0.15, 0.2) is 0 Å². The molecule has 0 aromatic heterocycles. The molecule has 0 aromatic carbocycles. The summed E-state index contributed by atoms with van der Waals surface area (Å²) in [5, 5.41) is 24.9. The number of nitrogens with two attached hydrogens (primary N) is 1. The van der Waals surface area contributed by atoms with Gasteiger partial charge in [-0.25, -0.2) is 9.59 Å². The Labute approximate surface area is 68.2 Å². The lowest BCUT2D eigenvalue weighted by atomic mass is 9.95. The van der Waals surface area contributed by atoms with Crippen LogP contribution in [-0.2, 0) is 9.59 Å². The summed E-state index contributed by atoms with van der Waals surface area (Å²) in [5.41, 5.74) is 2.68. The van der Waals surface area contributed by atoms with E-state index in [4.69, 9.17) is 21.2 Å². The molecule has 0 heterocycles. The average Bonchev–Trinajstić information content (AvgIpc) is 1.99. The van der Waals surface area contributed by atoms with Crippen LogP contribution >= 0.6 is 0 Å². The van der Waals surface area contributed by atoms with E-state index in [9.17, 15) is 9.59 Å². The van der Waals surface area contributed by atoms with Crippen molar-refractivity contribution in [1.82, 2.24) is 0 Å². The number of hydrogen-bond acceptors (Lipinski definition) is 4. The van der Waals surface area contributed by atoms with E-state index in [0.29, 0.717) is 0 Å². The van der Waals surface area contributed by atoms with E-state index in [1.807, 2.05) is 0 Å². The molecule has 4 N–H and O–H groups in total. The SMILES string of the molecule is N#CCCC(N)(C(=O)O)C(=O)O. The van der Waals surface area contributed by atoms with Gasteiger partial charge in [-0.3, -0.25) is 0 Å². The lowest BCUT2D eigenvalue weighted by Crippen LogP contribution is -2.54. The predicted molar refractivity (Wildman–Crippen MR) is 37.0 cm³/mol. The maximum Gasteiger partial charge on any atom is 0.335 e. The number of carbonyl (C=O) groups is 2. The Bertz CT molecular complexity index is 228. The summed E-state index contributed by atoms with van der Waals surface area (Å²) in [6.07, 6.45) is -0.594. The fourth-order valence-electron chi connectivity index (χ4n) is 0.558. The third kappa shape index (κ3) is 1.93. The van der Waals surface area contributed by atoms with Crippen LogP contribution in [0.25, 0.3) is 0 Å². The lowest BCUT2D eigenvalue weighted by Gasteiger charge is -2.17. The molecule has 0 fully saturated rings. The normalized spacial score (nSPS) is 10.3. The Morgan fingerprint density at radius 2 is 1.83 bits per heavy atom. The smallest absolute Gasteiger partial charge is 0.335 e. The number of carboxylic acids is 2. The van der Waals surface area contributed by atoms with Crippen molar-refractivity contribution in [2.75, 3.05) is 0 Å². The number of nitrogens with zero attached hydrogens (tertiary/aromatic N) is 1. The van der Waals surface area contributed by atoms with E-state index in [1.165, 1.54) is 0 Å². The first-order valence-electron chi connectivity index (χ1n) is 3.07. The highest BCUT2D eigenvalue weighted by Gasteiger charge is 2.41. The summed E-state index contributed by atoms with van der Waals surface area (Å²) in [6, 6.07) is 1.63. The molecule has 0 saturated heterocycles. The molecule has 0 aliphatic heterocycles. The summed E-state index contributed by atoms with van der Waals surface area (Å²) < 4.78 is 0. The molecule has 0 radical (unpaired) electrons. The first kappa shape index (κ1) is 10.4. The lowest BCUT2D eigenvalue weighted by molar-refractivity contribution is -0.157. The van der Waals surface area contributed by atoms with E-state index in [0.717, 1.165) is 0 Å². The second-order valence-electron chi connectivity index (χ2n) is 2.24. The van der Waals surface area contributed by atoms with Gasteiger partial charge in [-0.15, -0.1) is 0 Å². The number of nitriles is 1.